The lowest BCUT2D eigenvalue weighted by atomic mass is 10.1. The number of non-ortho nitro benzene ring substituents is 1. The maximum atomic E-state index is 13.2. The Kier molecular flexibility index (Phi) is 6.66. The summed E-state index contributed by atoms with van der Waals surface area (Å²) in [6.45, 7) is 2.45. The summed E-state index contributed by atoms with van der Waals surface area (Å²) in [4.78, 5) is 27.9. The van der Waals surface area contributed by atoms with E-state index in [9.17, 15) is 14.9 Å². The minimum atomic E-state index is -0.453. The van der Waals surface area contributed by atoms with Gasteiger partial charge < -0.3 is 14.4 Å². The Morgan fingerprint density at radius 1 is 1.25 bits per heavy atom. The Hall–Kier alpha value is -2.66. The highest BCUT2D eigenvalue weighted by Crippen LogP contribution is 2.39. The van der Waals surface area contributed by atoms with E-state index >= 15 is 0 Å². The first-order valence-corrected chi connectivity index (χ1v) is 11.2. The van der Waals surface area contributed by atoms with Gasteiger partial charge in [-0.25, -0.2) is 0 Å². The number of ether oxygens (including phenoxy) is 2. The molecule has 2 saturated heterocycles. The molecule has 32 heavy (non-hydrogen) atoms. The van der Waals surface area contributed by atoms with E-state index in [2.05, 4.69) is 4.90 Å². The predicted octanol–water partition coefficient (Wildman–Crippen LogP) is 4.50. The van der Waals surface area contributed by atoms with Gasteiger partial charge in [0.15, 0.2) is 4.32 Å². The van der Waals surface area contributed by atoms with Crippen molar-refractivity contribution in [2.24, 2.45) is 0 Å². The molecule has 0 aliphatic carbocycles. The fraction of sp³-hybridized carbons (Fsp3) is 0.238. The molecule has 0 atom stereocenters. The number of halogens is 1. The highest BCUT2D eigenvalue weighted by Gasteiger charge is 2.34. The number of hydrogen-bond donors (Lipinski definition) is 0. The van der Waals surface area contributed by atoms with Crippen LogP contribution in [0.15, 0.2) is 41.3 Å². The number of thioether (sulfide) groups is 1. The van der Waals surface area contributed by atoms with Gasteiger partial charge in [0.25, 0.3) is 11.6 Å². The number of thiocarbonyl (C=S) groups is 1. The molecule has 4 rings (SSSR count). The van der Waals surface area contributed by atoms with E-state index in [0.29, 0.717) is 57.6 Å². The van der Waals surface area contributed by atoms with Gasteiger partial charge in [0.05, 0.1) is 40.9 Å². The van der Waals surface area contributed by atoms with Gasteiger partial charge in [0, 0.05) is 36.5 Å². The highest BCUT2D eigenvalue weighted by atomic mass is 35.5. The van der Waals surface area contributed by atoms with Crippen LogP contribution in [0.2, 0.25) is 5.02 Å². The third-order valence-corrected chi connectivity index (χ3v) is 6.65. The number of methoxy groups -OCH3 is 1. The standard InChI is InChI=1S/C21H18ClN3O5S2/c1-29-18-5-3-14(12-16(18)22)24-20(26)19(32-21(24)31)11-13-10-15(25(27)28)2-4-17(13)23-6-8-30-9-7-23/h2-5,10-12H,6-9H2,1H3/b19-11-. The summed E-state index contributed by atoms with van der Waals surface area (Å²) in [5, 5.41) is 11.7. The zero-order valence-corrected chi connectivity index (χ0v) is 19.3. The smallest absolute Gasteiger partial charge is 0.270 e. The second-order valence-corrected chi connectivity index (χ2v) is 9.02. The summed E-state index contributed by atoms with van der Waals surface area (Å²) < 4.78 is 10.9. The largest absolute Gasteiger partial charge is 0.495 e. The third kappa shape index (κ3) is 4.44. The van der Waals surface area contributed by atoms with Crippen LogP contribution in [0.4, 0.5) is 17.1 Å². The van der Waals surface area contributed by atoms with Crippen molar-refractivity contribution in [1.29, 1.82) is 0 Å². The Morgan fingerprint density at radius 2 is 2.00 bits per heavy atom. The number of hydrogen-bond acceptors (Lipinski definition) is 8. The van der Waals surface area contributed by atoms with Crippen molar-refractivity contribution < 1.29 is 19.2 Å². The summed E-state index contributed by atoms with van der Waals surface area (Å²) in [7, 11) is 1.51. The first kappa shape index (κ1) is 22.5. The fourth-order valence-corrected chi connectivity index (χ4v) is 5.03. The first-order valence-electron chi connectivity index (χ1n) is 9.61. The molecule has 2 aliphatic rings. The van der Waals surface area contributed by atoms with Crippen LogP contribution in [0.1, 0.15) is 5.56 Å². The maximum absolute atomic E-state index is 13.2. The summed E-state index contributed by atoms with van der Waals surface area (Å²) >= 11 is 12.8. The van der Waals surface area contributed by atoms with Crippen LogP contribution in [0.3, 0.4) is 0 Å². The lowest BCUT2D eigenvalue weighted by Crippen LogP contribution is -2.36. The lowest BCUT2D eigenvalue weighted by molar-refractivity contribution is -0.384. The molecule has 0 spiro atoms. The summed E-state index contributed by atoms with van der Waals surface area (Å²) in [6.07, 6.45) is 1.65. The van der Waals surface area contributed by atoms with Gasteiger partial charge in [0.1, 0.15) is 5.75 Å². The Balaban J connectivity index is 1.71. The fourth-order valence-electron chi connectivity index (χ4n) is 3.49. The quantitative estimate of drug-likeness (QED) is 0.261. The zero-order chi connectivity index (χ0) is 22.8. The number of carbonyl (C=O) groups excluding carboxylic acids is 1. The van der Waals surface area contributed by atoms with Crippen LogP contribution in [-0.4, -0.2) is 48.6 Å². The average Bonchev–Trinajstić information content (AvgIpc) is 3.07. The normalized spacial score (nSPS) is 17.9. The van der Waals surface area contributed by atoms with E-state index in [1.165, 1.54) is 24.1 Å². The third-order valence-electron chi connectivity index (χ3n) is 5.05. The molecular formula is C21H18ClN3O5S2. The molecule has 0 N–H and O–H groups in total. The van der Waals surface area contributed by atoms with Gasteiger partial charge in [-0.05, 0) is 30.3 Å². The van der Waals surface area contributed by atoms with E-state index in [1.807, 2.05) is 0 Å². The Morgan fingerprint density at radius 3 is 2.66 bits per heavy atom. The number of amides is 1. The number of anilines is 2. The van der Waals surface area contributed by atoms with Gasteiger partial charge in [-0.15, -0.1) is 0 Å². The number of nitro groups is 1. The summed E-state index contributed by atoms with van der Waals surface area (Å²) in [6, 6.07) is 9.62. The maximum Gasteiger partial charge on any atom is 0.270 e. The molecule has 0 unspecified atom stereocenters. The zero-order valence-electron chi connectivity index (χ0n) is 16.9. The molecule has 2 aromatic carbocycles. The van der Waals surface area contributed by atoms with Crippen LogP contribution in [-0.2, 0) is 9.53 Å². The second kappa shape index (κ2) is 9.45. The van der Waals surface area contributed by atoms with Gasteiger partial charge >= 0.3 is 0 Å². The molecule has 8 nitrogen and oxygen atoms in total. The number of carbonyl (C=O) groups is 1. The van der Waals surface area contributed by atoms with Crippen LogP contribution in [0.25, 0.3) is 6.08 Å². The molecule has 0 radical (unpaired) electrons. The van der Waals surface area contributed by atoms with Gasteiger partial charge in [-0.2, -0.15) is 0 Å². The van der Waals surface area contributed by atoms with E-state index in [4.69, 9.17) is 33.3 Å². The number of nitro benzene ring substituents is 1. The first-order chi connectivity index (χ1) is 15.4. The molecule has 166 valence electrons. The molecule has 0 bridgehead atoms. The van der Waals surface area contributed by atoms with Crippen LogP contribution >= 0.6 is 35.6 Å². The number of rotatable bonds is 5. The minimum absolute atomic E-state index is 0.0503. The molecule has 0 aromatic heterocycles. The van der Waals surface area contributed by atoms with Crippen LogP contribution in [0.5, 0.6) is 5.75 Å². The van der Waals surface area contributed by atoms with Crippen molar-refractivity contribution in [1.82, 2.24) is 0 Å². The summed E-state index contributed by atoms with van der Waals surface area (Å²) in [5.41, 5.74) is 1.85. The van der Waals surface area contributed by atoms with Gasteiger partial charge in [-0.1, -0.05) is 35.6 Å². The molecule has 2 fully saturated rings. The van der Waals surface area contributed by atoms with Crippen LogP contribution in [0, 0.1) is 10.1 Å². The number of morpholine rings is 1. The minimum Gasteiger partial charge on any atom is -0.495 e. The van der Waals surface area contributed by atoms with Crippen molar-refractivity contribution in [3.63, 3.8) is 0 Å². The van der Waals surface area contributed by atoms with Crippen molar-refractivity contribution in [2.75, 3.05) is 43.2 Å². The monoisotopic (exact) mass is 491 g/mol. The number of nitrogens with zero attached hydrogens (tertiary/aromatic N) is 3. The number of benzene rings is 2. The second-order valence-electron chi connectivity index (χ2n) is 6.94. The SMILES string of the molecule is COc1ccc(N2C(=O)/C(=C/c3cc([N+](=O)[O-])ccc3N3CCOCC3)SC2=S)cc1Cl. The predicted molar refractivity (Wildman–Crippen MR) is 130 cm³/mol. The van der Waals surface area contributed by atoms with Crippen LogP contribution < -0.4 is 14.5 Å². The van der Waals surface area contributed by atoms with Crippen molar-refractivity contribution in [2.45, 2.75) is 0 Å². The van der Waals surface area contributed by atoms with E-state index in [0.717, 1.165) is 17.4 Å². The van der Waals surface area contributed by atoms with Gasteiger partial charge in [0.2, 0.25) is 0 Å². The lowest BCUT2D eigenvalue weighted by Gasteiger charge is -2.30. The van der Waals surface area contributed by atoms with E-state index < -0.39 is 4.92 Å². The van der Waals surface area contributed by atoms with Crippen molar-refractivity contribution in [3.8, 4) is 5.75 Å². The van der Waals surface area contributed by atoms with Crippen molar-refractivity contribution >= 4 is 68.9 Å². The van der Waals surface area contributed by atoms with E-state index in [-0.39, 0.29) is 11.6 Å². The molecular weight excluding hydrogens is 474 g/mol. The Labute approximate surface area is 198 Å². The van der Waals surface area contributed by atoms with Gasteiger partial charge in [-0.3, -0.25) is 19.8 Å². The highest BCUT2D eigenvalue weighted by molar-refractivity contribution is 8.27. The molecule has 2 aromatic rings. The molecule has 2 heterocycles. The Bertz CT molecular complexity index is 1130. The molecule has 11 heteroatoms. The molecule has 1 amide bonds. The molecule has 2 aliphatic heterocycles. The molecule has 0 saturated carbocycles. The average molecular weight is 492 g/mol. The summed E-state index contributed by atoms with van der Waals surface area (Å²) in [5.74, 6) is 0.170. The van der Waals surface area contributed by atoms with Crippen molar-refractivity contribution in [3.05, 3.63) is 62.0 Å². The topological polar surface area (TPSA) is 85.1 Å². The van der Waals surface area contributed by atoms with E-state index in [1.54, 1.807) is 30.3 Å².